The molecule has 0 aromatic heterocycles. The fourth-order valence-corrected chi connectivity index (χ4v) is 1.48. The molecule has 0 radical (unpaired) electrons. The molecule has 0 bridgehead atoms. The van der Waals surface area contributed by atoms with Crippen LogP contribution in [0.3, 0.4) is 0 Å². The second-order valence-corrected chi connectivity index (χ2v) is 3.22. The SMILES string of the molecule is Nc1ccc(N)c(C(F)(F)F)c1Br. The van der Waals surface area contributed by atoms with Gasteiger partial charge in [-0.25, -0.2) is 0 Å². The van der Waals surface area contributed by atoms with Gasteiger partial charge in [-0.15, -0.1) is 0 Å². The lowest BCUT2D eigenvalue weighted by Crippen LogP contribution is -2.11. The topological polar surface area (TPSA) is 52.0 Å². The number of anilines is 2. The number of nitrogen functional groups attached to an aromatic ring is 2. The number of rotatable bonds is 0. The van der Waals surface area contributed by atoms with Crippen molar-refractivity contribution in [1.29, 1.82) is 0 Å². The number of halogens is 4. The Labute approximate surface area is 80.8 Å². The molecular weight excluding hydrogens is 249 g/mol. The molecule has 1 aromatic carbocycles. The van der Waals surface area contributed by atoms with Gasteiger partial charge in [0.15, 0.2) is 0 Å². The summed E-state index contributed by atoms with van der Waals surface area (Å²) >= 11 is 2.74. The first-order valence-corrected chi connectivity index (χ1v) is 4.04. The average Bonchev–Trinajstić information content (AvgIpc) is 1.95. The third kappa shape index (κ3) is 1.88. The molecule has 6 heteroatoms. The summed E-state index contributed by atoms with van der Waals surface area (Å²) in [4.78, 5) is 0. The van der Waals surface area contributed by atoms with Crippen LogP contribution >= 0.6 is 15.9 Å². The largest absolute Gasteiger partial charge is 0.419 e. The van der Waals surface area contributed by atoms with Crippen molar-refractivity contribution >= 4 is 27.3 Å². The Morgan fingerprint density at radius 1 is 1.08 bits per heavy atom. The van der Waals surface area contributed by atoms with E-state index in [1.54, 1.807) is 0 Å². The Balaban J connectivity index is 3.43. The molecule has 0 saturated carbocycles. The third-order valence-electron chi connectivity index (χ3n) is 1.49. The highest BCUT2D eigenvalue weighted by Gasteiger charge is 2.35. The van der Waals surface area contributed by atoms with Crippen molar-refractivity contribution in [2.24, 2.45) is 0 Å². The van der Waals surface area contributed by atoms with Gasteiger partial charge in [-0.1, -0.05) is 0 Å². The van der Waals surface area contributed by atoms with Crippen molar-refractivity contribution in [3.63, 3.8) is 0 Å². The van der Waals surface area contributed by atoms with Gasteiger partial charge in [-0.3, -0.25) is 0 Å². The van der Waals surface area contributed by atoms with Crippen molar-refractivity contribution in [2.45, 2.75) is 6.18 Å². The number of alkyl halides is 3. The van der Waals surface area contributed by atoms with E-state index in [2.05, 4.69) is 15.9 Å². The monoisotopic (exact) mass is 254 g/mol. The van der Waals surface area contributed by atoms with Gasteiger partial charge in [0, 0.05) is 11.4 Å². The first-order valence-electron chi connectivity index (χ1n) is 3.24. The fourth-order valence-electron chi connectivity index (χ4n) is 0.895. The van der Waals surface area contributed by atoms with Crippen LogP contribution in [0.25, 0.3) is 0 Å². The summed E-state index contributed by atoms with van der Waals surface area (Å²) in [5, 5.41) is 0. The smallest absolute Gasteiger partial charge is 0.398 e. The molecule has 0 atom stereocenters. The van der Waals surface area contributed by atoms with Crippen LogP contribution in [0.2, 0.25) is 0 Å². The Hall–Kier alpha value is -0.910. The molecule has 0 amide bonds. The summed E-state index contributed by atoms with van der Waals surface area (Å²) in [6.45, 7) is 0. The normalized spacial score (nSPS) is 11.7. The number of benzene rings is 1. The van der Waals surface area contributed by atoms with Crippen molar-refractivity contribution in [2.75, 3.05) is 11.5 Å². The minimum absolute atomic E-state index is 0.0153. The Bertz CT molecular complexity index is 335. The molecule has 72 valence electrons. The predicted octanol–water partition coefficient (Wildman–Crippen LogP) is 2.63. The van der Waals surface area contributed by atoms with E-state index in [0.717, 1.165) is 6.07 Å². The zero-order valence-electron chi connectivity index (χ0n) is 6.32. The third-order valence-corrected chi connectivity index (χ3v) is 2.34. The highest BCUT2D eigenvalue weighted by molar-refractivity contribution is 9.10. The Kier molecular flexibility index (Phi) is 2.42. The summed E-state index contributed by atoms with van der Waals surface area (Å²) in [6.07, 6.45) is -4.49. The van der Waals surface area contributed by atoms with Crippen LogP contribution in [-0.4, -0.2) is 0 Å². The van der Waals surface area contributed by atoms with E-state index in [9.17, 15) is 13.2 Å². The molecule has 0 fully saturated rings. The minimum atomic E-state index is -4.49. The first kappa shape index (κ1) is 10.2. The van der Waals surface area contributed by atoms with Crippen molar-refractivity contribution in [3.8, 4) is 0 Å². The maximum atomic E-state index is 12.3. The first-order chi connectivity index (χ1) is 5.84. The molecule has 0 unspecified atom stereocenters. The van der Waals surface area contributed by atoms with E-state index in [1.807, 2.05) is 0 Å². The van der Waals surface area contributed by atoms with Crippen LogP contribution in [0.1, 0.15) is 5.56 Å². The molecule has 0 aliphatic carbocycles. The second kappa shape index (κ2) is 3.10. The van der Waals surface area contributed by atoms with Crippen LogP contribution in [0.15, 0.2) is 16.6 Å². The van der Waals surface area contributed by atoms with Gasteiger partial charge < -0.3 is 11.5 Å². The minimum Gasteiger partial charge on any atom is -0.398 e. The van der Waals surface area contributed by atoms with E-state index >= 15 is 0 Å². The van der Waals surface area contributed by atoms with Crippen LogP contribution in [0, 0.1) is 0 Å². The van der Waals surface area contributed by atoms with Gasteiger partial charge >= 0.3 is 6.18 Å². The average molecular weight is 255 g/mol. The molecule has 2 nitrogen and oxygen atoms in total. The zero-order chi connectivity index (χ0) is 10.2. The van der Waals surface area contributed by atoms with Gasteiger partial charge in [-0.2, -0.15) is 13.2 Å². The van der Waals surface area contributed by atoms with Gasteiger partial charge in [0.25, 0.3) is 0 Å². The molecule has 0 spiro atoms. The quantitative estimate of drug-likeness (QED) is 0.700. The van der Waals surface area contributed by atoms with E-state index in [1.165, 1.54) is 6.07 Å². The Morgan fingerprint density at radius 2 is 1.54 bits per heavy atom. The van der Waals surface area contributed by atoms with Crippen molar-refractivity contribution in [1.82, 2.24) is 0 Å². The zero-order valence-corrected chi connectivity index (χ0v) is 7.91. The second-order valence-electron chi connectivity index (χ2n) is 2.43. The Morgan fingerprint density at radius 3 is 1.92 bits per heavy atom. The van der Waals surface area contributed by atoms with Crippen molar-refractivity contribution in [3.05, 3.63) is 22.2 Å². The van der Waals surface area contributed by atoms with E-state index in [-0.39, 0.29) is 15.8 Å². The molecule has 1 rings (SSSR count). The molecule has 0 saturated heterocycles. The lowest BCUT2D eigenvalue weighted by molar-refractivity contribution is -0.137. The maximum absolute atomic E-state index is 12.3. The van der Waals surface area contributed by atoms with Crippen LogP contribution < -0.4 is 11.5 Å². The number of hydrogen-bond donors (Lipinski definition) is 2. The van der Waals surface area contributed by atoms with Crippen LogP contribution in [0.5, 0.6) is 0 Å². The molecule has 1 aromatic rings. The van der Waals surface area contributed by atoms with Gasteiger partial charge in [0.2, 0.25) is 0 Å². The van der Waals surface area contributed by atoms with Crippen LogP contribution in [0.4, 0.5) is 24.5 Å². The lowest BCUT2D eigenvalue weighted by atomic mass is 10.1. The molecule has 0 aliphatic rings. The van der Waals surface area contributed by atoms with E-state index in [0.29, 0.717) is 0 Å². The highest BCUT2D eigenvalue weighted by atomic mass is 79.9. The van der Waals surface area contributed by atoms with Gasteiger partial charge in [-0.05, 0) is 28.1 Å². The number of nitrogens with two attached hydrogens (primary N) is 2. The van der Waals surface area contributed by atoms with Crippen LogP contribution in [-0.2, 0) is 6.18 Å². The predicted molar refractivity (Wildman–Crippen MR) is 48.0 cm³/mol. The van der Waals surface area contributed by atoms with E-state index in [4.69, 9.17) is 11.5 Å². The summed E-state index contributed by atoms with van der Waals surface area (Å²) in [7, 11) is 0. The standard InChI is InChI=1S/C7H6BrF3N2/c8-6-4(13)2-1-3(12)5(6)7(9,10)11/h1-2H,12-13H2. The fraction of sp³-hybridized carbons (Fsp3) is 0.143. The molecular formula is C7H6BrF3N2. The number of hydrogen-bond acceptors (Lipinski definition) is 2. The van der Waals surface area contributed by atoms with Crippen molar-refractivity contribution < 1.29 is 13.2 Å². The maximum Gasteiger partial charge on any atom is 0.419 e. The summed E-state index contributed by atoms with van der Waals surface area (Å²) in [5.41, 5.74) is 9.21. The van der Waals surface area contributed by atoms with Gasteiger partial charge in [0.1, 0.15) is 0 Å². The summed E-state index contributed by atoms with van der Waals surface area (Å²) in [5.74, 6) is 0. The molecule has 0 aliphatic heterocycles. The molecule has 0 heterocycles. The lowest BCUT2D eigenvalue weighted by Gasteiger charge is -2.13. The van der Waals surface area contributed by atoms with E-state index < -0.39 is 11.7 Å². The summed E-state index contributed by atoms with van der Waals surface area (Å²) < 4.78 is 36.8. The molecule has 13 heavy (non-hydrogen) atoms. The highest BCUT2D eigenvalue weighted by Crippen LogP contribution is 2.41. The molecule has 4 N–H and O–H groups in total. The van der Waals surface area contributed by atoms with Gasteiger partial charge in [0.05, 0.1) is 10.0 Å². The summed E-state index contributed by atoms with van der Waals surface area (Å²) in [6, 6.07) is 2.44.